The molecule has 116 valence electrons. The molecule has 0 saturated heterocycles. The van der Waals surface area contributed by atoms with Gasteiger partial charge in [0.05, 0.1) is 0 Å². The highest BCUT2D eigenvalue weighted by Crippen LogP contribution is 2.42. The number of carbonyl (C=O) groups is 1. The third-order valence-electron chi connectivity index (χ3n) is 3.59. The molecular weight excluding hydrogens is 286 g/mol. The Kier molecular flexibility index (Phi) is 4.88. The minimum Gasteiger partial charge on any atom is -0.480 e. The zero-order valence-electron chi connectivity index (χ0n) is 13.0. The van der Waals surface area contributed by atoms with Crippen LogP contribution >= 0.6 is 11.8 Å². The second-order valence-electron chi connectivity index (χ2n) is 6.07. The normalized spacial score (nSPS) is 17.8. The molecule has 1 aliphatic carbocycles. The predicted molar refractivity (Wildman–Crippen MR) is 83.6 cm³/mol. The number of nitrogens with zero attached hydrogens (tertiary/aromatic N) is 2. The van der Waals surface area contributed by atoms with Gasteiger partial charge in [-0.05, 0) is 52.5 Å². The summed E-state index contributed by atoms with van der Waals surface area (Å²) < 4.78 is 0. The summed E-state index contributed by atoms with van der Waals surface area (Å²) in [6, 6.07) is 2.05. The smallest absolute Gasteiger partial charge is 0.325 e. The summed E-state index contributed by atoms with van der Waals surface area (Å²) in [5, 5.41) is 13.7. The lowest BCUT2D eigenvalue weighted by Gasteiger charge is -2.32. The Morgan fingerprint density at radius 1 is 1.43 bits per heavy atom. The highest BCUT2D eigenvalue weighted by Gasteiger charge is 2.51. The van der Waals surface area contributed by atoms with Crippen LogP contribution in [0.2, 0.25) is 0 Å². The summed E-state index contributed by atoms with van der Waals surface area (Å²) in [5.74, 6) is -0.111. The molecule has 1 atom stereocenters. The van der Waals surface area contributed by atoms with E-state index in [1.807, 2.05) is 33.8 Å². The number of hydrogen-bond donors (Lipinski definition) is 2. The van der Waals surface area contributed by atoms with Gasteiger partial charge < -0.3 is 5.11 Å². The summed E-state index contributed by atoms with van der Waals surface area (Å²) in [4.78, 5) is 20.6. The van der Waals surface area contributed by atoms with Crippen LogP contribution in [0.25, 0.3) is 0 Å². The van der Waals surface area contributed by atoms with E-state index in [2.05, 4.69) is 15.3 Å². The molecule has 1 unspecified atom stereocenters. The van der Waals surface area contributed by atoms with Crippen LogP contribution in [0, 0.1) is 19.8 Å². The number of carboxylic acid groups (broad SMARTS) is 1. The van der Waals surface area contributed by atoms with Crippen molar-refractivity contribution >= 4 is 17.7 Å². The molecule has 5 nitrogen and oxygen atoms in total. The third-order valence-corrected chi connectivity index (χ3v) is 4.63. The standard InChI is InChI=1S/C15H23N3O2S/c1-9(2)18-15(13(19)20,12-5-6-12)8-21-14-16-10(3)7-11(4)17-14/h7,9,12,18H,5-6,8H2,1-4H3,(H,19,20). The highest BCUT2D eigenvalue weighted by atomic mass is 32.2. The molecule has 1 fully saturated rings. The Hall–Kier alpha value is -1.14. The molecule has 0 aromatic carbocycles. The van der Waals surface area contributed by atoms with E-state index in [0.29, 0.717) is 10.9 Å². The molecule has 1 heterocycles. The topological polar surface area (TPSA) is 75.1 Å². The Balaban J connectivity index is 2.16. The van der Waals surface area contributed by atoms with E-state index in [0.717, 1.165) is 24.2 Å². The molecular formula is C15H23N3O2S. The van der Waals surface area contributed by atoms with Gasteiger partial charge in [-0.2, -0.15) is 0 Å². The Morgan fingerprint density at radius 3 is 2.43 bits per heavy atom. The lowest BCUT2D eigenvalue weighted by atomic mass is 9.94. The van der Waals surface area contributed by atoms with E-state index in [1.165, 1.54) is 11.8 Å². The molecule has 2 rings (SSSR count). The summed E-state index contributed by atoms with van der Waals surface area (Å²) in [5.41, 5.74) is 0.947. The summed E-state index contributed by atoms with van der Waals surface area (Å²) in [6.07, 6.45) is 1.95. The van der Waals surface area contributed by atoms with E-state index in [-0.39, 0.29) is 12.0 Å². The van der Waals surface area contributed by atoms with Gasteiger partial charge in [0.1, 0.15) is 5.54 Å². The van der Waals surface area contributed by atoms with Gasteiger partial charge >= 0.3 is 5.97 Å². The molecule has 1 aromatic rings. The zero-order chi connectivity index (χ0) is 15.6. The molecule has 0 bridgehead atoms. The minimum atomic E-state index is -0.875. The number of thioether (sulfide) groups is 1. The van der Waals surface area contributed by atoms with Crippen LogP contribution in [0.15, 0.2) is 11.2 Å². The average Bonchev–Trinajstić information content (AvgIpc) is 3.16. The monoisotopic (exact) mass is 309 g/mol. The van der Waals surface area contributed by atoms with Crippen LogP contribution in [0.4, 0.5) is 0 Å². The van der Waals surface area contributed by atoms with Crippen LogP contribution in [0.1, 0.15) is 38.1 Å². The Bertz CT molecular complexity index is 511. The van der Waals surface area contributed by atoms with Crippen molar-refractivity contribution in [2.45, 2.75) is 57.3 Å². The van der Waals surface area contributed by atoms with Crippen molar-refractivity contribution < 1.29 is 9.90 Å². The summed E-state index contributed by atoms with van der Waals surface area (Å²) >= 11 is 1.43. The number of aliphatic carboxylic acids is 1. The van der Waals surface area contributed by atoms with Gasteiger partial charge in [0, 0.05) is 23.2 Å². The molecule has 1 saturated carbocycles. The number of rotatable bonds is 7. The summed E-state index contributed by atoms with van der Waals surface area (Å²) in [6.45, 7) is 7.82. The maximum Gasteiger partial charge on any atom is 0.325 e. The first-order valence-corrected chi connectivity index (χ1v) is 8.28. The largest absolute Gasteiger partial charge is 0.480 e. The first-order valence-electron chi connectivity index (χ1n) is 7.29. The van der Waals surface area contributed by atoms with E-state index in [9.17, 15) is 9.90 Å². The quantitative estimate of drug-likeness (QED) is 0.595. The SMILES string of the molecule is Cc1cc(C)nc(SCC(NC(C)C)(C(=O)O)C2CC2)n1. The molecule has 21 heavy (non-hydrogen) atoms. The zero-order valence-corrected chi connectivity index (χ0v) is 13.8. The summed E-state index contributed by atoms with van der Waals surface area (Å²) in [7, 11) is 0. The van der Waals surface area contributed by atoms with E-state index in [1.54, 1.807) is 0 Å². The fourth-order valence-electron chi connectivity index (χ4n) is 2.60. The van der Waals surface area contributed by atoms with Gasteiger partial charge in [0.2, 0.25) is 0 Å². The van der Waals surface area contributed by atoms with Crippen LogP contribution in [0.5, 0.6) is 0 Å². The fourth-order valence-corrected chi connectivity index (χ4v) is 3.82. The van der Waals surface area contributed by atoms with Crippen LogP contribution in [0.3, 0.4) is 0 Å². The van der Waals surface area contributed by atoms with Gasteiger partial charge in [-0.3, -0.25) is 10.1 Å². The van der Waals surface area contributed by atoms with Crippen molar-refractivity contribution in [2.75, 3.05) is 5.75 Å². The van der Waals surface area contributed by atoms with Crippen molar-refractivity contribution in [3.63, 3.8) is 0 Å². The van der Waals surface area contributed by atoms with Crippen LogP contribution in [-0.2, 0) is 4.79 Å². The minimum absolute atomic E-state index is 0.127. The number of aromatic nitrogens is 2. The Morgan fingerprint density at radius 2 is 2.00 bits per heavy atom. The van der Waals surface area contributed by atoms with Gasteiger partial charge in [0.15, 0.2) is 5.16 Å². The lowest BCUT2D eigenvalue weighted by molar-refractivity contribution is -0.145. The molecule has 0 radical (unpaired) electrons. The third kappa shape index (κ3) is 3.95. The van der Waals surface area contributed by atoms with Crippen molar-refractivity contribution in [1.82, 2.24) is 15.3 Å². The van der Waals surface area contributed by atoms with Gasteiger partial charge in [-0.1, -0.05) is 11.8 Å². The number of hydrogen-bond acceptors (Lipinski definition) is 5. The first-order chi connectivity index (χ1) is 9.83. The highest BCUT2D eigenvalue weighted by molar-refractivity contribution is 7.99. The predicted octanol–water partition coefficient (Wildman–Crippen LogP) is 2.42. The lowest BCUT2D eigenvalue weighted by Crippen LogP contribution is -2.58. The molecule has 1 aromatic heterocycles. The molecule has 0 aliphatic heterocycles. The van der Waals surface area contributed by atoms with Gasteiger partial charge in [-0.15, -0.1) is 0 Å². The average molecular weight is 309 g/mol. The van der Waals surface area contributed by atoms with Crippen LogP contribution < -0.4 is 5.32 Å². The number of nitrogens with one attached hydrogen (secondary N) is 1. The van der Waals surface area contributed by atoms with Crippen molar-refractivity contribution in [3.8, 4) is 0 Å². The van der Waals surface area contributed by atoms with Crippen molar-refractivity contribution in [3.05, 3.63) is 17.5 Å². The Labute approximate surface area is 130 Å². The van der Waals surface area contributed by atoms with Crippen LogP contribution in [-0.4, -0.2) is 38.4 Å². The maximum absolute atomic E-state index is 11.9. The van der Waals surface area contributed by atoms with Crippen molar-refractivity contribution in [2.24, 2.45) is 5.92 Å². The molecule has 0 amide bonds. The van der Waals surface area contributed by atoms with Gasteiger partial charge in [0.25, 0.3) is 0 Å². The maximum atomic E-state index is 11.9. The molecule has 6 heteroatoms. The van der Waals surface area contributed by atoms with E-state index >= 15 is 0 Å². The second kappa shape index (κ2) is 6.32. The fraction of sp³-hybridized carbons (Fsp3) is 0.667. The van der Waals surface area contributed by atoms with E-state index in [4.69, 9.17) is 0 Å². The van der Waals surface area contributed by atoms with E-state index < -0.39 is 11.5 Å². The van der Waals surface area contributed by atoms with Gasteiger partial charge in [-0.25, -0.2) is 9.97 Å². The first kappa shape index (κ1) is 16.2. The number of carboxylic acids is 1. The molecule has 2 N–H and O–H groups in total. The second-order valence-corrected chi connectivity index (χ2v) is 7.01. The number of aryl methyl sites for hydroxylation is 2. The molecule has 0 spiro atoms. The molecule has 1 aliphatic rings. The van der Waals surface area contributed by atoms with Crippen molar-refractivity contribution in [1.29, 1.82) is 0 Å².